The number of anilines is 1. The lowest BCUT2D eigenvalue weighted by atomic mass is 10.3. The highest BCUT2D eigenvalue weighted by Crippen LogP contribution is 2.30. The summed E-state index contributed by atoms with van der Waals surface area (Å²) < 4.78 is 42.9. The van der Waals surface area contributed by atoms with E-state index in [9.17, 15) is 18.0 Å². The molecule has 1 aromatic carbocycles. The predicted octanol–water partition coefficient (Wildman–Crippen LogP) is 2.67. The average molecular weight is 337 g/mol. The molecule has 1 amide bonds. The zero-order chi connectivity index (χ0) is 17.3. The number of rotatable bonds is 3. The van der Waals surface area contributed by atoms with Gasteiger partial charge >= 0.3 is 6.36 Å². The Morgan fingerprint density at radius 2 is 1.96 bits per heavy atom. The molecule has 124 valence electrons. The number of pyridine rings is 1. The Balaban J connectivity index is 2.09. The molecular weight excluding hydrogens is 327 g/mol. The molecule has 2 aromatic heterocycles. The Hall–Kier alpha value is -3.17. The lowest BCUT2D eigenvalue weighted by Crippen LogP contribution is -2.20. The quantitative estimate of drug-likeness (QED) is 0.794. The Labute approximate surface area is 133 Å². The molecular formula is C14H10F3N5O2. The number of benzene rings is 1. The van der Waals surface area contributed by atoms with Crippen molar-refractivity contribution in [2.45, 2.75) is 13.3 Å². The first-order valence-corrected chi connectivity index (χ1v) is 6.69. The molecule has 0 fully saturated rings. The van der Waals surface area contributed by atoms with Crippen LogP contribution in [0.1, 0.15) is 6.92 Å². The fraction of sp³-hybridized carbons (Fsp3) is 0.143. The number of carbonyl (C=O) groups excluding carboxylic acids is 1. The maximum absolute atomic E-state index is 12.6. The van der Waals surface area contributed by atoms with Gasteiger partial charge in [0.25, 0.3) is 0 Å². The van der Waals surface area contributed by atoms with Crippen molar-refractivity contribution in [1.82, 2.24) is 20.0 Å². The van der Waals surface area contributed by atoms with Crippen molar-refractivity contribution in [3.63, 3.8) is 0 Å². The Morgan fingerprint density at radius 1 is 1.21 bits per heavy atom. The summed E-state index contributed by atoms with van der Waals surface area (Å²) in [6, 6.07) is 9.55. The number of fused-ring (bicyclic) bond motifs is 1. The van der Waals surface area contributed by atoms with Crippen LogP contribution in [-0.4, -0.2) is 32.2 Å². The molecule has 0 bridgehead atoms. The van der Waals surface area contributed by atoms with E-state index in [1.807, 2.05) is 0 Å². The second-order valence-corrected chi connectivity index (χ2v) is 4.74. The normalized spacial score (nSPS) is 11.5. The molecule has 0 saturated carbocycles. The van der Waals surface area contributed by atoms with Crippen LogP contribution in [0.4, 0.5) is 18.9 Å². The van der Waals surface area contributed by atoms with E-state index in [1.165, 1.54) is 16.8 Å². The van der Waals surface area contributed by atoms with Gasteiger partial charge in [-0.15, -0.1) is 18.3 Å². The molecule has 10 heteroatoms. The number of halogens is 3. The Morgan fingerprint density at radius 3 is 2.67 bits per heavy atom. The van der Waals surface area contributed by atoms with Gasteiger partial charge in [-0.1, -0.05) is 17.3 Å². The topological polar surface area (TPSA) is 81.9 Å². The van der Waals surface area contributed by atoms with Crippen molar-refractivity contribution in [3.8, 4) is 11.7 Å². The minimum Gasteiger partial charge on any atom is -0.385 e. The van der Waals surface area contributed by atoms with Crippen LogP contribution in [0, 0.1) is 0 Å². The van der Waals surface area contributed by atoms with Gasteiger partial charge in [-0.3, -0.25) is 4.79 Å². The van der Waals surface area contributed by atoms with E-state index in [0.29, 0.717) is 11.0 Å². The molecule has 0 aliphatic heterocycles. The van der Waals surface area contributed by atoms with E-state index in [4.69, 9.17) is 0 Å². The van der Waals surface area contributed by atoms with Gasteiger partial charge in [0, 0.05) is 6.92 Å². The third kappa shape index (κ3) is 3.26. The molecule has 2 heterocycles. The minimum atomic E-state index is -4.96. The first-order chi connectivity index (χ1) is 11.3. The third-order valence-corrected chi connectivity index (χ3v) is 2.94. The molecule has 7 nitrogen and oxygen atoms in total. The monoisotopic (exact) mass is 337 g/mol. The van der Waals surface area contributed by atoms with Crippen LogP contribution in [-0.2, 0) is 4.79 Å². The number of ether oxygens (including phenoxy) is 1. The van der Waals surface area contributed by atoms with E-state index < -0.39 is 18.1 Å². The summed E-state index contributed by atoms with van der Waals surface area (Å²) >= 11 is 0. The van der Waals surface area contributed by atoms with Crippen molar-refractivity contribution in [2.75, 3.05) is 5.32 Å². The van der Waals surface area contributed by atoms with E-state index in [-0.39, 0.29) is 11.5 Å². The molecule has 0 unspecified atom stereocenters. The lowest BCUT2D eigenvalue weighted by molar-refractivity contribution is -0.275. The molecule has 1 N–H and O–H groups in total. The second kappa shape index (κ2) is 5.80. The molecule has 0 atom stereocenters. The van der Waals surface area contributed by atoms with Crippen molar-refractivity contribution in [2.24, 2.45) is 0 Å². The van der Waals surface area contributed by atoms with Gasteiger partial charge in [0.15, 0.2) is 5.82 Å². The SMILES string of the molecule is CC(=O)Nc1ccc(-n2nnc3ccccc32)nc1OC(F)(F)F. The van der Waals surface area contributed by atoms with E-state index in [0.717, 1.165) is 6.92 Å². The summed E-state index contributed by atoms with van der Waals surface area (Å²) in [5.74, 6) is -1.27. The number of carbonyl (C=O) groups is 1. The van der Waals surface area contributed by atoms with Crippen LogP contribution >= 0.6 is 0 Å². The minimum absolute atomic E-state index is 0.0667. The summed E-state index contributed by atoms with van der Waals surface area (Å²) in [4.78, 5) is 14.9. The van der Waals surface area contributed by atoms with Crippen molar-refractivity contribution < 1.29 is 22.7 Å². The first kappa shape index (κ1) is 15.7. The van der Waals surface area contributed by atoms with Gasteiger partial charge in [-0.05, 0) is 24.3 Å². The van der Waals surface area contributed by atoms with E-state index >= 15 is 0 Å². The molecule has 0 saturated heterocycles. The molecule has 0 spiro atoms. The number of alkyl halides is 3. The van der Waals surface area contributed by atoms with Gasteiger partial charge in [0.1, 0.15) is 11.2 Å². The second-order valence-electron chi connectivity index (χ2n) is 4.74. The zero-order valence-corrected chi connectivity index (χ0v) is 12.2. The number of nitrogens with one attached hydrogen (secondary N) is 1. The Kier molecular flexibility index (Phi) is 3.80. The lowest BCUT2D eigenvalue weighted by Gasteiger charge is -2.13. The molecule has 0 aliphatic carbocycles. The van der Waals surface area contributed by atoms with Crippen LogP contribution in [0.2, 0.25) is 0 Å². The van der Waals surface area contributed by atoms with Gasteiger partial charge in [-0.2, -0.15) is 9.67 Å². The predicted molar refractivity (Wildman–Crippen MR) is 77.6 cm³/mol. The number of nitrogens with zero attached hydrogens (tertiary/aromatic N) is 4. The summed E-state index contributed by atoms with van der Waals surface area (Å²) in [7, 11) is 0. The number of hydrogen-bond donors (Lipinski definition) is 1. The van der Waals surface area contributed by atoms with Crippen LogP contribution < -0.4 is 10.1 Å². The van der Waals surface area contributed by atoms with Crippen molar-refractivity contribution in [3.05, 3.63) is 36.4 Å². The van der Waals surface area contributed by atoms with E-state index in [2.05, 4.69) is 25.3 Å². The largest absolute Gasteiger partial charge is 0.574 e. The molecule has 0 radical (unpaired) electrons. The number of para-hydroxylation sites is 1. The Bertz CT molecular complexity index is 907. The van der Waals surface area contributed by atoms with Crippen LogP contribution in [0.5, 0.6) is 5.88 Å². The van der Waals surface area contributed by atoms with Gasteiger partial charge in [0.2, 0.25) is 11.8 Å². The van der Waals surface area contributed by atoms with Gasteiger partial charge in [-0.25, -0.2) is 0 Å². The highest BCUT2D eigenvalue weighted by Gasteiger charge is 2.33. The summed E-state index contributed by atoms with van der Waals surface area (Å²) in [5.41, 5.74) is 0.923. The number of amides is 1. The molecule has 3 rings (SSSR count). The van der Waals surface area contributed by atoms with E-state index in [1.54, 1.807) is 24.3 Å². The first-order valence-electron chi connectivity index (χ1n) is 6.69. The molecule has 24 heavy (non-hydrogen) atoms. The smallest absolute Gasteiger partial charge is 0.385 e. The standard InChI is InChI=1S/C14H10F3N5O2/c1-8(23)18-10-6-7-12(19-13(10)24-14(15,16)17)22-11-5-3-2-4-9(11)20-21-22/h2-7H,1H3,(H,18,23). The van der Waals surface area contributed by atoms with Crippen molar-refractivity contribution >= 4 is 22.6 Å². The number of aromatic nitrogens is 4. The fourth-order valence-electron chi connectivity index (χ4n) is 2.06. The number of hydrogen-bond acceptors (Lipinski definition) is 5. The van der Waals surface area contributed by atoms with Crippen LogP contribution in [0.25, 0.3) is 16.9 Å². The van der Waals surface area contributed by atoms with Crippen LogP contribution in [0.3, 0.4) is 0 Å². The van der Waals surface area contributed by atoms with Crippen LogP contribution in [0.15, 0.2) is 36.4 Å². The third-order valence-electron chi connectivity index (χ3n) is 2.94. The highest BCUT2D eigenvalue weighted by atomic mass is 19.4. The zero-order valence-electron chi connectivity index (χ0n) is 12.2. The van der Waals surface area contributed by atoms with Crippen molar-refractivity contribution in [1.29, 1.82) is 0 Å². The van der Waals surface area contributed by atoms with Gasteiger partial charge in [0.05, 0.1) is 5.52 Å². The fourth-order valence-corrected chi connectivity index (χ4v) is 2.06. The summed E-state index contributed by atoms with van der Waals surface area (Å²) in [5, 5.41) is 10.0. The summed E-state index contributed by atoms with van der Waals surface area (Å²) in [6.07, 6.45) is -4.96. The summed E-state index contributed by atoms with van der Waals surface area (Å²) in [6.45, 7) is 1.16. The average Bonchev–Trinajstić information content (AvgIpc) is 2.91. The van der Waals surface area contributed by atoms with Gasteiger partial charge < -0.3 is 10.1 Å². The molecule has 0 aliphatic rings. The highest BCUT2D eigenvalue weighted by molar-refractivity contribution is 5.90. The molecule has 3 aromatic rings. The maximum Gasteiger partial charge on any atom is 0.574 e. The maximum atomic E-state index is 12.6.